The highest BCUT2D eigenvalue weighted by molar-refractivity contribution is 7.99. The first-order chi connectivity index (χ1) is 13.7. The van der Waals surface area contributed by atoms with Crippen molar-refractivity contribution in [1.82, 2.24) is 14.8 Å². The second-order valence-corrected chi connectivity index (χ2v) is 7.55. The molecule has 8 heteroatoms. The van der Waals surface area contributed by atoms with Crippen molar-refractivity contribution in [3.63, 3.8) is 0 Å². The summed E-state index contributed by atoms with van der Waals surface area (Å²) in [6.07, 6.45) is 4.11. The minimum Gasteiger partial charge on any atom is -0.461 e. The Labute approximate surface area is 168 Å². The number of aromatic nitrogens is 3. The van der Waals surface area contributed by atoms with E-state index in [-0.39, 0.29) is 11.7 Å². The van der Waals surface area contributed by atoms with Gasteiger partial charge in [-0.05, 0) is 56.2 Å². The number of benzene rings is 1. The van der Waals surface area contributed by atoms with Gasteiger partial charge in [0.25, 0.3) is 0 Å². The molecule has 1 amide bonds. The highest BCUT2D eigenvalue weighted by atomic mass is 32.2. The Morgan fingerprint density at radius 2 is 1.96 bits per heavy atom. The van der Waals surface area contributed by atoms with Crippen LogP contribution >= 0.6 is 11.8 Å². The summed E-state index contributed by atoms with van der Waals surface area (Å²) in [4.78, 5) is 14.7. The van der Waals surface area contributed by atoms with Gasteiger partial charge in [-0.1, -0.05) is 11.8 Å². The maximum absolute atomic E-state index is 12.3. The molecule has 0 saturated carbocycles. The van der Waals surface area contributed by atoms with Gasteiger partial charge in [0.1, 0.15) is 0 Å². The third-order valence-corrected chi connectivity index (χ3v) is 5.70. The molecule has 2 aromatic heterocycles. The van der Waals surface area contributed by atoms with Gasteiger partial charge in [0, 0.05) is 31.0 Å². The van der Waals surface area contributed by atoms with Crippen LogP contribution in [0.1, 0.15) is 19.8 Å². The fourth-order valence-corrected chi connectivity index (χ4v) is 4.13. The zero-order valence-electron chi connectivity index (χ0n) is 15.8. The molecule has 7 nitrogen and oxygen atoms in total. The number of thioether (sulfide) groups is 1. The number of furan rings is 1. The normalized spacial score (nSPS) is 13.8. The second kappa shape index (κ2) is 8.52. The van der Waals surface area contributed by atoms with Gasteiger partial charge in [0.05, 0.1) is 12.0 Å². The molecule has 146 valence electrons. The molecule has 1 N–H and O–H groups in total. The molecule has 0 aliphatic carbocycles. The van der Waals surface area contributed by atoms with E-state index >= 15 is 0 Å². The monoisotopic (exact) mass is 397 g/mol. The van der Waals surface area contributed by atoms with Crippen LogP contribution in [-0.4, -0.2) is 39.5 Å². The number of amides is 1. The first-order valence-corrected chi connectivity index (χ1v) is 10.5. The van der Waals surface area contributed by atoms with E-state index < -0.39 is 0 Å². The lowest BCUT2D eigenvalue weighted by molar-refractivity contribution is -0.113. The SMILES string of the molecule is CCn1c(SCC(=O)Nc2ccc(N3CCCC3)cc2)nnc1-c1ccco1. The maximum Gasteiger partial charge on any atom is 0.234 e. The minimum absolute atomic E-state index is 0.0656. The van der Waals surface area contributed by atoms with E-state index in [9.17, 15) is 4.79 Å². The van der Waals surface area contributed by atoms with Gasteiger partial charge in [-0.3, -0.25) is 9.36 Å². The Kier molecular flexibility index (Phi) is 5.66. The van der Waals surface area contributed by atoms with Crippen molar-refractivity contribution < 1.29 is 9.21 Å². The van der Waals surface area contributed by atoms with Crippen LogP contribution in [0.25, 0.3) is 11.6 Å². The number of hydrogen-bond acceptors (Lipinski definition) is 6. The molecule has 1 aromatic carbocycles. The number of anilines is 2. The van der Waals surface area contributed by atoms with Crippen molar-refractivity contribution in [2.45, 2.75) is 31.5 Å². The Hall–Kier alpha value is -2.74. The predicted molar refractivity (Wildman–Crippen MR) is 111 cm³/mol. The van der Waals surface area contributed by atoms with Crippen LogP contribution < -0.4 is 10.2 Å². The first kappa shape index (κ1) is 18.6. The Bertz CT molecular complexity index is 915. The number of nitrogens with one attached hydrogen (secondary N) is 1. The Balaban J connectivity index is 1.34. The molecular formula is C20H23N5O2S. The number of nitrogens with zero attached hydrogens (tertiary/aromatic N) is 4. The molecule has 3 heterocycles. The Morgan fingerprint density at radius 1 is 1.18 bits per heavy atom. The van der Waals surface area contributed by atoms with E-state index in [1.54, 1.807) is 6.26 Å². The molecule has 1 fully saturated rings. The summed E-state index contributed by atoms with van der Waals surface area (Å²) in [5.74, 6) is 1.55. The van der Waals surface area contributed by atoms with Crippen molar-refractivity contribution in [3.8, 4) is 11.6 Å². The molecule has 1 saturated heterocycles. The number of carbonyl (C=O) groups excluding carboxylic acids is 1. The van der Waals surface area contributed by atoms with E-state index in [4.69, 9.17) is 4.42 Å². The quantitative estimate of drug-likeness (QED) is 0.610. The van der Waals surface area contributed by atoms with Crippen molar-refractivity contribution in [3.05, 3.63) is 42.7 Å². The largest absolute Gasteiger partial charge is 0.461 e. The highest BCUT2D eigenvalue weighted by Gasteiger charge is 2.16. The number of rotatable bonds is 7. The van der Waals surface area contributed by atoms with Gasteiger partial charge in [-0.25, -0.2) is 0 Å². The van der Waals surface area contributed by atoms with Gasteiger partial charge in [0.2, 0.25) is 5.91 Å². The zero-order chi connectivity index (χ0) is 19.3. The van der Waals surface area contributed by atoms with Crippen LogP contribution in [0.3, 0.4) is 0 Å². The van der Waals surface area contributed by atoms with Crippen LogP contribution in [0.15, 0.2) is 52.2 Å². The summed E-state index contributed by atoms with van der Waals surface area (Å²) >= 11 is 1.37. The van der Waals surface area contributed by atoms with Crippen LogP contribution in [0.2, 0.25) is 0 Å². The molecule has 0 atom stereocenters. The average Bonchev–Trinajstić information content (AvgIpc) is 3.48. The van der Waals surface area contributed by atoms with Crippen LogP contribution in [0.5, 0.6) is 0 Å². The van der Waals surface area contributed by atoms with Crippen molar-refractivity contribution in [2.24, 2.45) is 0 Å². The molecular weight excluding hydrogens is 374 g/mol. The van der Waals surface area contributed by atoms with Gasteiger partial charge < -0.3 is 14.6 Å². The third kappa shape index (κ3) is 4.06. The van der Waals surface area contributed by atoms with Gasteiger partial charge in [0.15, 0.2) is 16.7 Å². The first-order valence-electron chi connectivity index (χ1n) is 9.49. The van der Waals surface area contributed by atoms with Crippen LogP contribution in [-0.2, 0) is 11.3 Å². The topological polar surface area (TPSA) is 76.2 Å². The van der Waals surface area contributed by atoms with E-state index in [1.807, 2.05) is 35.8 Å². The fourth-order valence-electron chi connectivity index (χ4n) is 3.33. The third-order valence-electron chi connectivity index (χ3n) is 4.73. The van der Waals surface area contributed by atoms with E-state index in [2.05, 4.69) is 32.5 Å². The summed E-state index contributed by atoms with van der Waals surface area (Å²) < 4.78 is 7.36. The fraction of sp³-hybridized carbons (Fsp3) is 0.350. The highest BCUT2D eigenvalue weighted by Crippen LogP contribution is 2.25. The lowest BCUT2D eigenvalue weighted by Crippen LogP contribution is -2.18. The standard InChI is InChI=1S/C20H23N5O2S/c1-2-25-19(17-6-5-13-27-17)22-23-20(25)28-14-18(26)21-15-7-9-16(10-8-15)24-11-3-4-12-24/h5-10,13H,2-4,11-12,14H2,1H3,(H,21,26). The molecule has 0 bridgehead atoms. The molecule has 4 rings (SSSR count). The summed E-state index contributed by atoms with van der Waals surface area (Å²) in [5.41, 5.74) is 2.02. The van der Waals surface area contributed by atoms with E-state index in [1.165, 1.54) is 30.3 Å². The van der Waals surface area contributed by atoms with Gasteiger partial charge >= 0.3 is 0 Å². The number of hydrogen-bond donors (Lipinski definition) is 1. The lowest BCUT2D eigenvalue weighted by Gasteiger charge is -2.17. The number of carbonyl (C=O) groups is 1. The summed E-state index contributed by atoms with van der Waals surface area (Å²) in [6, 6.07) is 11.7. The molecule has 3 aromatic rings. The molecule has 0 unspecified atom stereocenters. The van der Waals surface area contributed by atoms with E-state index in [0.29, 0.717) is 23.3 Å². The second-order valence-electron chi connectivity index (χ2n) is 6.61. The molecule has 28 heavy (non-hydrogen) atoms. The van der Waals surface area contributed by atoms with Gasteiger partial charge in [-0.2, -0.15) is 0 Å². The summed E-state index contributed by atoms with van der Waals surface area (Å²) in [7, 11) is 0. The van der Waals surface area contributed by atoms with E-state index in [0.717, 1.165) is 18.8 Å². The molecule has 0 spiro atoms. The molecule has 0 radical (unpaired) electrons. The zero-order valence-corrected chi connectivity index (χ0v) is 16.6. The maximum atomic E-state index is 12.3. The average molecular weight is 398 g/mol. The van der Waals surface area contributed by atoms with Crippen LogP contribution in [0.4, 0.5) is 11.4 Å². The minimum atomic E-state index is -0.0656. The summed E-state index contributed by atoms with van der Waals surface area (Å²) in [6.45, 7) is 4.94. The van der Waals surface area contributed by atoms with Crippen molar-refractivity contribution >= 4 is 29.0 Å². The van der Waals surface area contributed by atoms with Crippen molar-refractivity contribution in [2.75, 3.05) is 29.1 Å². The predicted octanol–water partition coefficient (Wildman–Crippen LogP) is 3.89. The smallest absolute Gasteiger partial charge is 0.234 e. The van der Waals surface area contributed by atoms with Gasteiger partial charge in [-0.15, -0.1) is 10.2 Å². The molecule has 1 aliphatic rings. The summed E-state index contributed by atoms with van der Waals surface area (Å²) in [5, 5.41) is 12.1. The molecule has 1 aliphatic heterocycles. The van der Waals surface area contributed by atoms with Crippen molar-refractivity contribution in [1.29, 1.82) is 0 Å². The lowest BCUT2D eigenvalue weighted by atomic mass is 10.2. The van der Waals surface area contributed by atoms with Crippen LogP contribution in [0, 0.1) is 0 Å². The Morgan fingerprint density at radius 3 is 2.64 bits per heavy atom.